The third kappa shape index (κ3) is 22.7. The minimum Gasteiger partial charge on any atom is -0.480 e. The van der Waals surface area contributed by atoms with E-state index in [1.165, 1.54) is 0 Å². The van der Waals surface area contributed by atoms with Gasteiger partial charge >= 0.3 is 5.97 Å². The molecule has 0 bridgehead atoms. The van der Waals surface area contributed by atoms with Crippen LogP contribution in [0.25, 0.3) is 10.4 Å². The molecule has 0 fully saturated rings. The molecular formula is C31H55N11O16S. The predicted molar refractivity (Wildman–Crippen MR) is 204 cm³/mol. The fourth-order valence-electron chi connectivity index (χ4n) is 4.37. The first kappa shape index (κ1) is 54.1. The first-order valence-corrected chi connectivity index (χ1v) is 18.7. The number of azide groups is 1. The van der Waals surface area contributed by atoms with Crippen LogP contribution >= 0.6 is 12.6 Å². The molecule has 0 heterocycles. The number of rotatable bonds is 33. The molecule has 0 aromatic heterocycles. The molecule has 0 aliphatic rings. The van der Waals surface area contributed by atoms with Gasteiger partial charge in [0.1, 0.15) is 36.3 Å². The summed E-state index contributed by atoms with van der Waals surface area (Å²) >= 11 is 3.94. The van der Waals surface area contributed by atoms with E-state index in [-0.39, 0.29) is 58.3 Å². The van der Waals surface area contributed by atoms with E-state index in [1.807, 2.05) is 10.6 Å². The van der Waals surface area contributed by atoms with Crippen LogP contribution in [0.4, 0.5) is 0 Å². The summed E-state index contributed by atoms with van der Waals surface area (Å²) in [6.07, 6.45) is 1.07. The molecular weight excluding hydrogens is 814 g/mol. The Morgan fingerprint density at radius 2 is 1.02 bits per heavy atom. The maximum Gasteiger partial charge on any atom is 0.328 e. The SMILES string of the molecule is [N-]=[N+]=NCCOCCOCCC(=O)NCCCCC(N)C(=O)NC(CO)C(=O)NC(CO)C(=O)NC(CO)C(=O)NC(CS)C(=O)NC(CO)C(=O)NC(CO)C(=O)O. The van der Waals surface area contributed by atoms with Crippen molar-refractivity contribution in [2.45, 2.75) is 68.0 Å². The van der Waals surface area contributed by atoms with Gasteiger partial charge in [0, 0.05) is 30.2 Å². The molecule has 0 aliphatic heterocycles. The van der Waals surface area contributed by atoms with Gasteiger partial charge in [-0.15, -0.1) is 0 Å². The van der Waals surface area contributed by atoms with Gasteiger partial charge in [0.05, 0.1) is 65.5 Å². The first-order chi connectivity index (χ1) is 28.1. The summed E-state index contributed by atoms with van der Waals surface area (Å²) in [4.78, 5) is 102. The maximum atomic E-state index is 12.9. The Labute approximate surface area is 342 Å². The van der Waals surface area contributed by atoms with Gasteiger partial charge in [-0.3, -0.25) is 33.6 Å². The predicted octanol–water partition coefficient (Wildman–Crippen LogP) is -7.78. The fourth-order valence-corrected chi connectivity index (χ4v) is 4.63. The second-order valence-corrected chi connectivity index (χ2v) is 12.5. The van der Waals surface area contributed by atoms with Crippen LogP contribution in [-0.4, -0.2) is 199 Å². The number of unbranched alkanes of at least 4 members (excludes halogenated alkanes) is 1. The van der Waals surface area contributed by atoms with E-state index >= 15 is 0 Å². The lowest BCUT2D eigenvalue weighted by molar-refractivity contribution is -0.143. The Morgan fingerprint density at radius 3 is 1.44 bits per heavy atom. The number of aliphatic hydroxyl groups excluding tert-OH is 5. The lowest BCUT2D eigenvalue weighted by Gasteiger charge is -2.25. The topological polar surface area (TPSA) is 435 Å². The number of nitrogens with two attached hydrogens (primary N) is 1. The zero-order valence-corrected chi connectivity index (χ0v) is 32.9. The Balaban J connectivity index is 4.91. The van der Waals surface area contributed by atoms with Crippen molar-refractivity contribution in [2.24, 2.45) is 10.8 Å². The lowest BCUT2D eigenvalue weighted by atomic mass is 10.1. The normalized spacial score (nSPS) is 14.4. The van der Waals surface area contributed by atoms with Gasteiger partial charge in [-0.05, 0) is 24.8 Å². The minimum atomic E-state index is -1.80. The summed E-state index contributed by atoms with van der Waals surface area (Å²) in [5.74, 6) is -8.98. The molecule has 27 nitrogen and oxygen atoms in total. The number of hydrogen-bond donors (Lipinski definition) is 15. The molecule has 0 rings (SSSR count). The molecule has 0 aromatic rings. The standard InChI is InChI=1S/C31H55N11O16S/c32-17(3-1-2-5-34-24(48)4-7-57-9-10-58-8-6-35-42-33)25(49)36-18(11-43)26(50)37-19(12-44)27(51)38-21(14-46)29(53)41-23(16-59)30(54)39-20(13-45)28(52)40-22(15-47)31(55)56/h17-23,43-47,59H,1-16,32H2,(H,34,48)(H,36,49)(H,37,50)(H,38,51)(H,39,54)(H,40,52)(H,41,53)(H,55,56). The van der Waals surface area contributed by atoms with Crippen molar-refractivity contribution in [3.63, 3.8) is 0 Å². The van der Waals surface area contributed by atoms with Crippen molar-refractivity contribution in [3.05, 3.63) is 10.4 Å². The average Bonchev–Trinajstić information content (AvgIpc) is 3.22. The molecule has 0 spiro atoms. The molecule has 0 saturated heterocycles. The third-order valence-electron chi connectivity index (χ3n) is 7.72. The van der Waals surface area contributed by atoms with E-state index < -0.39 is 122 Å². The molecule has 336 valence electrons. The number of amides is 7. The monoisotopic (exact) mass is 869 g/mol. The van der Waals surface area contributed by atoms with Crippen molar-refractivity contribution in [3.8, 4) is 0 Å². The highest BCUT2D eigenvalue weighted by atomic mass is 32.1. The molecule has 7 unspecified atom stereocenters. The van der Waals surface area contributed by atoms with Gasteiger partial charge in [0.2, 0.25) is 41.4 Å². The summed E-state index contributed by atoms with van der Waals surface area (Å²) in [6, 6.07) is -11.4. The van der Waals surface area contributed by atoms with E-state index in [0.717, 1.165) is 0 Å². The maximum absolute atomic E-state index is 12.9. The van der Waals surface area contributed by atoms with Crippen molar-refractivity contribution >= 4 is 59.9 Å². The Kier molecular flexibility index (Phi) is 29.4. The highest BCUT2D eigenvalue weighted by molar-refractivity contribution is 7.80. The van der Waals surface area contributed by atoms with E-state index in [0.29, 0.717) is 12.8 Å². The number of carbonyl (C=O) groups is 8. The first-order valence-electron chi connectivity index (χ1n) is 18.0. The molecule has 0 radical (unpaired) electrons. The molecule has 0 aliphatic carbocycles. The number of nitrogens with one attached hydrogen (secondary N) is 7. The van der Waals surface area contributed by atoms with Crippen molar-refractivity contribution in [2.75, 3.05) is 78.3 Å². The van der Waals surface area contributed by atoms with E-state index in [9.17, 15) is 58.8 Å². The quantitative estimate of drug-likeness (QED) is 0.00957. The molecule has 7 atom stereocenters. The number of carboxylic acids is 1. The Hall–Kier alpha value is -4.90. The molecule has 7 amide bonds. The number of aliphatic hydroxyl groups is 5. The van der Waals surface area contributed by atoms with Gasteiger partial charge in [0.15, 0.2) is 0 Å². The van der Waals surface area contributed by atoms with E-state index in [2.05, 4.69) is 49.2 Å². The smallest absolute Gasteiger partial charge is 0.328 e. The highest BCUT2D eigenvalue weighted by Gasteiger charge is 2.32. The molecule has 28 heteroatoms. The van der Waals surface area contributed by atoms with Crippen molar-refractivity contribution < 1.29 is 78.5 Å². The third-order valence-corrected chi connectivity index (χ3v) is 8.09. The van der Waals surface area contributed by atoms with Crippen LogP contribution in [-0.2, 0) is 47.8 Å². The highest BCUT2D eigenvalue weighted by Crippen LogP contribution is 2.01. The zero-order valence-electron chi connectivity index (χ0n) is 32.0. The largest absolute Gasteiger partial charge is 0.480 e. The van der Waals surface area contributed by atoms with E-state index in [4.69, 9.17) is 31.0 Å². The van der Waals surface area contributed by atoms with E-state index in [1.54, 1.807) is 0 Å². The summed E-state index contributed by atoms with van der Waals surface area (Å²) in [6.45, 7) is -3.69. The van der Waals surface area contributed by atoms with Gasteiger partial charge in [-0.1, -0.05) is 5.11 Å². The second-order valence-electron chi connectivity index (χ2n) is 12.2. The van der Waals surface area contributed by atoms with Crippen molar-refractivity contribution in [1.29, 1.82) is 0 Å². The average molecular weight is 870 g/mol. The van der Waals surface area contributed by atoms with Crippen LogP contribution in [0.2, 0.25) is 0 Å². The number of carbonyl (C=O) groups excluding carboxylic acids is 7. The molecule has 59 heavy (non-hydrogen) atoms. The van der Waals surface area contributed by atoms with Gasteiger partial charge in [0.25, 0.3) is 0 Å². The fraction of sp³-hybridized carbons (Fsp3) is 0.742. The summed E-state index contributed by atoms with van der Waals surface area (Å²) in [5, 5.41) is 75.2. The summed E-state index contributed by atoms with van der Waals surface area (Å²) in [5.41, 5.74) is 14.1. The van der Waals surface area contributed by atoms with Crippen LogP contribution in [0.5, 0.6) is 0 Å². The zero-order chi connectivity index (χ0) is 44.8. The lowest BCUT2D eigenvalue weighted by Crippen LogP contribution is -2.61. The summed E-state index contributed by atoms with van der Waals surface area (Å²) in [7, 11) is 0. The van der Waals surface area contributed by atoms with Crippen molar-refractivity contribution in [1.82, 2.24) is 37.2 Å². The number of ether oxygens (including phenoxy) is 2. The van der Waals surface area contributed by atoms with Crippen LogP contribution in [0.3, 0.4) is 0 Å². The molecule has 0 aromatic carbocycles. The number of aliphatic carboxylic acids is 1. The molecule has 15 N–H and O–H groups in total. The van der Waals surface area contributed by atoms with Gasteiger partial charge < -0.3 is 83.1 Å². The number of hydrogen-bond acceptors (Lipinski definition) is 18. The van der Waals surface area contributed by atoms with Crippen LogP contribution in [0, 0.1) is 0 Å². The molecule has 0 saturated carbocycles. The second kappa shape index (κ2) is 32.0. The van der Waals surface area contributed by atoms with Crippen LogP contribution in [0.15, 0.2) is 5.11 Å². The number of nitrogens with zero attached hydrogens (tertiary/aromatic N) is 3. The van der Waals surface area contributed by atoms with Crippen LogP contribution in [0.1, 0.15) is 25.7 Å². The summed E-state index contributed by atoms with van der Waals surface area (Å²) < 4.78 is 10.4. The minimum absolute atomic E-state index is 0.101. The van der Waals surface area contributed by atoms with Crippen LogP contribution < -0.4 is 43.0 Å². The Bertz CT molecular complexity index is 1410. The van der Waals surface area contributed by atoms with Gasteiger partial charge in [-0.25, -0.2) is 4.79 Å². The van der Waals surface area contributed by atoms with Gasteiger partial charge in [-0.2, -0.15) is 12.6 Å². The number of thiol groups is 1. The Morgan fingerprint density at radius 1 is 0.610 bits per heavy atom. The number of carboxylic acid groups (broad SMARTS) is 1.